The lowest BCUT2D eigenvalue weighted by atomic mass is 9.95. The Hall–Kier alpha value is -0.570. The van der Waals surface area contributed by atoms with E-state index in [-0.39, 0.29) is 18.2 Å². The molecule has 0 saturated heterocycles. The van der Waals surface area contributed by atoms with Crippen molar-refractivity contribution in [1.82, 2.24) is 0 Å². The largest absolute Gasteiger partial charge is 0.462 e. The zero-order chi connectivity index (χ0) is 8.97. The van der Waals surface area contributed by atoms with E-state index in [0.717, 1.165) is 19.3 Å². The van der Waals surface area contributed by atoms with Gasteiger partial charge in [-0.3, -0.25) is 4.79 Å². The molecule has 12 heavy (non-hydrogen) atoms. The van der Waals surface area contributed by atoms with Crippen molar-refractivity contribution in [2.45, 2.75) is 51.2 Å². The quantitative estimate of drug-likeness (QED) is 0.637. The molecule has 0 aromatic heterocycles. The van der Waals surface area contributed by atoms with E-state index >= 15 is 0 Å². The Kier molecular flexibility index (Phi) is 3.53. The third-order valence-electron chi connectivity index (χ3n) is 2.19. The maximum absolute atomic E-state index is 10.9. The Morgan fingerprint density at radius 3 is 2.92 bits per heavy atom. The molecule has 0 heterocycles. The Morgan fingerprint density at radius 1 is 1.58 bits per heavy atom. The van der Waals surface area contributed by atoms with Gasteiger partial charge >= 0.3 is 5.97 Å². The van der Waals surface area contributed by atoms with Crippen molar-refractivity contribution in [2.24, 2.45) is 0 Å². The molecule has 3 heteroatoms. The van der Waals surface area contributed by atoms with Gasteiger partial charge in [-0.05, 0) is 19.3 Å². The predicted octanol–water partition coefficient (Wildman–Crippen LogP) is 1.24. The van der Waals surface area contributed by atoms with Crippen LogP contribution in [0.15, 0.2) is 0 Å². The van der Waals surface area contributed by atoms with Crippen LogP contribution < -0.4 is 0 Å². The van der Waals surface area contributed by atoms with Gasteiger partial charge in [0.25, 0.3) is 0 Å². The summed E-state index contributed by atoms with van der Waals surface area (Å²) in [6.07, 6.45) is 3.44. The number of carbonyl (C=O) groups excluding carboxylic acids is 1. The standard InChI is InChI=1S/C9H16O3/c1-2-9(11)12-8-5-3-4-7(10)6-8/h7-8,10H,2-6H2,1H3/t7-,8+/m0/s1. The average Bonchev–Trinajstić information content (AvgIpc) is 2.04. The van der Waals surface area contributed by atoms with Crippen molar-refractivity contribution >= 4 is 5.97 Å². The molecule has 0 aromatic carbocycles. The lowest BCUT2D eigenvalue weighted by Gasteiger charge is -2.25. The van der Waals surface area contributed by atoms with Crippen LogP contribution in [0.3, 0.4) is 0 Å². The number of hydrogen-bond donors (Lipinski definition) is 1. The zero-order valence-electron chi connectivity index (χ0n) is 7.45. The van der Waals surface area contributed by atoms with Gasteiger partial charge in [0.1, 0.15) is 6.10 Å². The Balaban J connectivity index is 2.27. The van der Waals surface area contributed by atoms with Gasteiger partial charge in [-0.1, -0.05) is 6.92 Å². The van der Waals surface area contributed by atoms with Gasteiger partial charge in [-0.25, -0.2) is 0 Å². The number of aliphatic hydroxyl groups is 1. The van der Waals surface area contributed by atoms with E-state index in [1.807, 2.05) is 0 Å². The summed E-state index contributed by atoms with van der Waals surface area (Å²) in [6.45, 7) is 1.78. The van der Waals surface area contributed by atoms with E-state index in [1.165, 1.54) is 0 Å². The molecule has 2 atom stereocenters. The molecule has 1 saturated carbocycles. The summed E-state index contributed by atoms with van der Waals surface area (Å²) in [5.74, 6) is -0.158. The number of hydrogen-bond acceptors (Lipinski definition) is 3. The molecule has 1 aliphatic carbocycles. The highest BCUT2D eigenvalue weighted by atomic mass is 16.5. The molecule has 1 fully saturated rings. The van der Waals surface area contributed by atoms with Crippen molar-refractivity contribution in [1.29, 1.82) is 0 Å². The van der Waals surface area contributed by atoms with Crippen molar-refractivity contribution in [2.75, 3.05) is 0 Å². The van der Waals surface area contributed by atoms with Crippen molar-refractivity contribution in [3.8, 4) is 0 Å². The molecular formula is C9H16O3. The smallest absolute Gasteiger partial charge is 0.305 e. The zero-order valence-corrected chi connectivity index (χ0v) is 7.45. The Morgan fingerprint density at radius 2 is 2.33 bits per heavy atom. The Labute approximate surface area is 72.7 Å². The van der Waals surface area contributed by atoms with Crippen LogP contribution in [0, 0.1) is 0 Å². The van der Waals surface area contributed by atoms with Crippen molar-refractivity contribution < 1.29 is 14.6 Å². The van der Waals surface area contributed by atoms with E-state index in [1.54, 1.807) is 6.92 Å². The van der Waals surface area contributed by atoms with Gasteiger partial charge in [0.15, 0.2) is 0 Å². The number of carbonyl (C=O) groups is 1. The highest BCUT2D eigenvalue weighted by molar-refractivity contribution is 5.69. The van der Waals surface area contributed by atoms with Crippen LogP contribution in [-0.2, 0) is 9.53 Å². The number of rotatable bonds is 2. The summed E-state index contributed by atoms with van der Waals surface area (Å²) in [4.78, 5) is 10.9. The Bertz CT molecular complexity index is 156. The molecule has 0 aromatic rings. The minimum atomic E-state index is -0.270. The molecule has 1 rings (SSSR count). The minimum absolute atomic E-state index is 0.0406. The molecule has 0 radical (unpaired) electrons. The fourth-order valence-corrected chi connectivity index (χ4v) is 1.50. The highest BCUT2D eigenvalue weighted by Gasteiger charge is 2.22. The van der Waals surface area contributed by atoms with Crippen LogP contribution in [0.1, 0.15) is 39.0 Å². The van der Waals surface area contributed by atoms with Crippen LogP contribution in [-0.4, -0.2) is 23.3 Å². The van der Waals surface area contributed by atoms with Crippen LogP contribution >= 0.6 is 0 Å². The first kappa shape index (κ1) is 9.52. The molecule has 0 amide bonds. The number of aliphatic hydroxyl groups excluding tert-OH is 1. The molecule has 1 aliphatic rings. The monoisotopic (exact) mass is 172 g/mol. The molecule has 1 N–H and O–H groups in total. The fourth-order valence-electron chi connectivity index (χ4n) is 1.50. The third kappa shape index (κ3) is 2.81. The second kappa shape index (κ2) is 4.45. The lowest BCUT2D eigenvalue weighted by Crippen LogP contribution is -2.27. The molecule has 0 aliphatic heterocycles. The van der Waals surface area contributed by atoms with Gasteiger partial charge in [-0.2, -0.15) is 0 Å². The molecule has 0 bridgehead atoms. The predicted molar refractivity (Wildman–Crippen MR) is 44.6 cm³/mol. The fraction of sp³-hybridized carbons (Fsp3) is 0.889. The second-order valence-corrected chi connectivity index (χ2v) is 3.29. The van der Waals surface area contributed by atoms with Gasteiger partial charge in [0, 0.05) is 12.8 Å². The number of ether oxygens (including phenoxy) is 1. The first-order chi connectivity index (χ1) is 5.72. The van der Waals surface area contributed by atoms with Crippen molar-refractivity contribution in [3.63, 3.8) is 0 Å². The van der Waals surface area contributed by atoms with E-state index in [9.17, 15) is 9.90 Å². The van der Waals surface area contributed by atoms with Crippen molar-refractivity contribution in [3.05, 3.63) is 0 Å². The van der Waals surface area contributed by atoms with Gasteiger partial charge in [0.2, 0.25) is 0 Å². The summed E-state index contributed by atoms with van der Waals surface area (Å²) < 4.78 is 5.11. The van der Waals surface area contributed by atoms with E-state index in [0.29, 0.717) is 12.8 Å². The van der Waals surface area contributed by atoms with E-state index in [4.69, 9.17) is 4.74 Å². The average molecular weight is 172 g/mol. The van der Waals surface area contributed by atoms with Gasteiger partial charge in [0.05, 0.1) is 6.10 Å². The minimum Gasteiger partial charge on any atom is -0.462 e. The molecule has 0 unspecified atom stereocenters. The maximum Gasteiger partial charge on any atom is 0.305 e. The van der Waals surface area contributed by atoms with Gasteiger partial charge in [-0.15, -0.1) is 0 Å². The molecule has 70 valence electrons. The highest BCUT2D eigenvalue weighted by Crippen LogP contribution is 2.21. The first-order valence-electron chi connectivity index (χ1n) is 4.60. The first-order valence-corrected chi connectivity index (χ1v) is 4.60. The van der Waals surface area contributed by atoms with E-state index in [2.05, 4.69) is 0 Å². The van der Waals surface area contributed by atoms with Crippen LogP contribution in [0.4, 0.5) is 0 Å². The van der Waals surface area contributed by atoms with E-state index < -0.39 is 0 Å². The number of esters is 1. The lowest BCUT2D eigenvalue weighted by molar-refractivity contribution is -0.151. The van der Waals surface area contributed by atoms with Crippen LogP contribution in [0.2, 0.25) is 0 Å². The summed E-state index contributed by atoms with van der Waals surface area (Å²) in [5, 5.41) is 9.27. The third-order valence-corrected chi connectivity index (χ3v) is 2.19. The molecule has 3 nitrogen and oxygen atoms in total. The molecule has 0 spiro atoms. The normalized spacial score (nSPS) is 29.8. The summed E-state index contributed by atoms with van der Waals surface area (Å²) in [7, 11) is 0. The van der Waals surface area contributed by atoms with Crippen LogP contribution in [0.5, 0.6) is 0 Å². The summed E-state index contributed by atoms with van der Waals surface area (Å²) in [5.41, 5.74) is 0. The summed E-state index contributed by atoms with van der Waals surface area (Å²) in [6, 6.07) is 0. The topological polar surface area (TPSA) is 46.5 Å². The maximum atomic E-state index is 10.9. The molecular weight excluding hydrogens is 156 g/mol. The van der Waals surface area contributed by atoms with Gasteiger partial charge < -0.3 is 9.84 Å². The second-order valence-electron chi connectivity index (χ2n) is 3.29. The summed E-state index contributed by atoms with van der Waals surface area (Å²) >= 11 is 0. The van der Waals surface area contributed by atoms with Crippen LogP contribution in [0.25, 0.3) is 0 Å². The SMILES string of the molecule is CCC(=O)O[C@@H]1CCC[C@H](O)C1.